The van der Waals surface area contributed by atoms with E-state index in [4.69, 9.17) is 5.11 Å². The van der Waals surface area contributed by atoms with Crippen LogP contribution in [-0.2, 0) is 0 Å². The zero-order valence-electron chi connectivity index (χ0n) is 7.84. The molecule has 0 aliphatic heterocycles. The van der Waals surface area contributed by atoms with Crippen LogP contribution in [0.15, 0.2) is 18.2 Å². The molecule has 0 radical (unpaired) electrons. The predicted molar refractivity (Wildman–Crippen MR) is 64.1 cm³/mol. The van der Waals surface area contributed by atoms with Crippen LogP contribution >= 0.6 is 22.6 Å². The summed E-state index contributed by atoms with van der Waals surface area (Å²) in [7, 11) is 0. The predicted octanol–water partition coefficient (Wildman–Crippen LogP) is 2.39. The van der Waals surface area contributed by atoms with E-state index in [1.54, 1.807) is 6.92 Å². The molecule has 1 aromatic rings. The molecule has 0 fully saturated rings. The summed E-state index contributed by atoms with van der Waals surface area (Å²) in [6.07, 6.45) is -0.308. The fourth-order valence-electron chi connectivity index (χ4n) is 1.04. The van der Waals surface area contributed by atoms with Crippen molar-refractivity contribution in [2.45, 2.75) is 20.0 Å². The average Bonchev–Trinajstić information content (AvgIpc) is 2.06. The van der Waals surface area contributed by atoms with Gasteiger partial charge >= 0.3 is 0 Å². The van der Waals surface area contributed by atoms with E-state index in [-0.39, 0.29) is 6.10 Å². The van der Waals surface area contributed by atoms with Gasteiger partial charge in [0.05, 0.1) is 6.10 Å². The Hall–Kier alpha value is -0.290. The normalized spacial score (nSPS) is 12.6. The highest BCUT2D eigenvalue weighted by molar-refractivity contribution is 14.1. The monoisotopic (exact) mass is 291 g/mol. The summed E-state index contributed by atoms with van der Waals surface area (Å²) in [5.41, 5.74) is 2.31. The van der Waals surface area contributed by atoms with Crippen molar-refractivity contribution in [1.29, 1.82) is 0 Å². The third-order valence-corrected chi connectivity index (χ3v) is 2.46. The minimum Gasteiger partial charge on any atom is -0.392 e. The minimum absolute atomic E-state index is 0.308. The van der Waals surface area contributed by atoms with Crippen LogP contribution < -0.4 is 5.32 Å². The fourth-order valence-corrected chi connectivity index (χ4v) is 1.53. The van der Waals surface area contributed by atoms with Crippen molar-refractivity contribution < 1.29 is 5.11 Å². The van der Waals surface area contributed by atoms with Gasteiger partial charge in [0.25, 0.3) is 0 Å². The van der Waals surface area contributed by atoms with Crippen molar-refractivity contribution in [2.24, 2.45) is 0 Å². The molecule has 1 rings (SSSR count). The molecule has 0 saturated heterocycles. The molecule has 1 unspecified atom stereocenters. The number of rotatable bonds is 3. The summed E-state index contributed by atoms with van der Waals surface area (Å²) in [5, 5.41) is 12.3. The Kier molecular flexibility index (Phi) is 3.99. The van der Waals surface area contributed by atoms with Gasteiger partial charge in [0.1, 0.15) is 0 Å². The standard InChI is InChI=1S/C10H14INO/c1-7-3-4-9(11)5-10(7)12-6-8(2)13/h3-5,8,12-13H,6H2,1-2H3. The van der Waals surface area contributed by atoms with Crippen LogP contribution in [0.2, 0.25) is 0 Å². The molecule has 3 heteroatoms. The van der Waals surface area contributed by atoms with Gasteiger partial charge in [0.2, 0.25) is 0 Å². The number of anilines is 1. The molecule has 0 aliphatic rings. The maximum atomic E-state index is 9.11. The molecule has 0 aliphatic carbocycles. The van der Waals surface area contributed by atoms with Crippen molar-refractivity contribution in [3.63, 3.8) is 0 Å². The first kappa shape index (κ1) is 10.8. The Morgan fingerprint density at radius 2 is 2.23 bits per heavy atom. The van der Waals surface area contributed by atoms with Crippen molar-refractivity contribution in [1.82, 2.24) is 0 Å². The third-order valence-electron chi connectivity index (χ3n) is 1.79. The summed E-state index contributed by atoms with van der Waals surface area (Å²) in [6, 6.07) is 6.23. The van der Waals surface area contributed by atoms with E-state index in [0.717, 1.165) is 5.69 Å². The molecule has 0 saturated carbocycles. The number of benzene rings is 1. The molecular weight excluding hydrogens is 277 g/mol. The molecule has 2 N–H and O–H groups in total. The Morgan fingerprint density at radius 3 is 2.85 bits per heavy atom. The lowest BCUT2D eigenvalue weighted by Crippen LogP contribution is -2.15. The first-order valence-electron chi connectivity index (χ1n) is 4.27. The number of aryl methyl sites for hydroxylation is 1. The van der Waals surface area contributed by atoms with Crippen molar-refractivity contribution in [2.75, 3.05) is 11.9 Å². The Labute approximate surface area is 92.5 Å². The van der Waals surface area contributed by atoms with Crippen LogP contribution in [0.3, 0.4) is 0 Å². The van der Waals surface area contributed by atoms with Gasteiger partial charge in [-0.05, 0) is 54.1 Å². The lowest BCUT2D eigenvalue weighted by atomic mass is 10.2. The van der Waals surface area contributed by atoms with Gasteiger partial charge in [-0.2, -0.15) is 0 Å². The first-order valence-corrected chi connectivity index (χ1v) is 5.35. The van der Waals surface area contributed by atoms with Gasteiger partial charge in [0.15, 0.2) is 0 Å². The lowest BCUT2D eigenvalue weighted by Gasteiger charge is -2.11. The van der Waals surface area contributed by atoms with Crippen LogP contribution in [-0.4, -0.2) is 17.8 Å². The highest BCUT2D eigenvalue weighted by Crippen LogP contribution is 2.17. The molecule has 0 spiro atoms. The maximum Gasteiger partial charge on any atom is 0.0684 e. The largest absolute Gasteiger partial charge is 0.392 e. The second-order valence-electron chi connectivity index (χ2n) is 3.19. The number of aliphatic hydroxyl groups is 1. The van der Waals surface area contributed by atoms with E-state index in [2.05, 4.69) is 53.0 Å². The third kappa shape index (κ3) is 3.52. The highest BCUT2D eigenvalue weighted by atomic mass is 127. The molecular formula is C10H14INO. The summed E-state index contributed by atoms with van der Waals surface area (Å²) in [6.45, 7) is 4.43. The molecule has 1 aromatic carbocycles. The van der Waals surface area contributed by atoms with Crippen LogP contribution in [0.25, 0.3) is 0 Å². The van der Waals surface area contributed by atoms with Gasteiger partial charge < -0.3 is 10.4 Å². The fraction of sp³-hybridized carbons (Fsp3) is 0.400. The van der Waals surface area contributed by atoms with Gasteiger partial charge in [-0.3, -0.25) is 0 Å². The second-order valence-corrected chi connectivity index (χ2v) is 4.43. The van der Waals surface area contributed by atoms with Gasteiger partial charge in [0, 0.05) is 15.8 Å². The smallest absolute Gasteiger partial charge is 0.0684 e. The summed E-state index contributed by atoms with van der Waals surface area (Å²) in [5.74, 6) is 0. The average molecular weight is 291 g/mol. The van der Waals surface area contributed by atoms with Crippen LogP contribution in [0.1, 0.15) is 12.5 Å². The Bertz CT molecular complexity index is 286. The van der Waals surface area contributed by atoms with Crippen molar-refractivity contribution in [3.8, 4) is 0 Å². The molecule has 13 heavy (non-hydrogen) atoms. The topological polar surface area (TPSA) is 32.3 Å². The van der Waals surface area contributed by atoms with Crippen molar-refractivity contribution >= 4 is 28.3 Å². The van der Waals surface area contributed by atoms with Gasteiger partial charge in [-0.1, -0.05) is 6.07 Å². The molecule has 72 valence electrons. The molecule has 0 aromatic heterocycles. The van der Waals surface area contributed by atoms with Crippen LogP contribution in [0, 0.1) is 10.5 Å². The van der Waals surface area contributed by atoms with E-state index >= 15 is 0 Å². The summed E-state index contributed by atoms with van der Waals surface area (Å²) >= 11 is 2.28. The zero-order chi connectivity index (χ0) is 9.84. The lowest BCUT2D eigenvalue weighted by molar-refractivity contribution is 0.208. The number of nitrogens with one attached hydrogen (secondary N) is 1. The Balaban J connectivity index is 2.70. The molecule has 2 nitrogen and oxygen atoms in total. The minimum atomic E-state index is -0.308. The first-order chi connectivity index (χ1) is 6.09. The van der Waals surface area contributed by atoms with Crippen molar-refractivity contribution in [3.05, 3.63) is 27.3 Å². The van der Waals surface area contributed by atoms with E-state index in [1.165, 1.54) is 9.13 Å². The molecule has 1 atom stereocenters. The van der Waals surface area contributed by atoms with Gasteiger partial charge in [-0.15, -0.1) is 0 Å². The number of hydrogen-bond donors (Lipinski definition) is 2. The van der Waals surface area contributed by atoms with Gasteiger partial charge in [-0.25, -0.2) is 0 Å². The maximum absolute atomic E-state index is 9.11. The van der Waals surface area contributed by atoms with E-state index in [1.807, 2.05) is 0 Å². The van der Waals surface area contributed by atoms with E-state index in [0.29, 0.717) is 6.54 Å². The SMILES string of the molecule is Cc1ccc(I)cc1NCC(C)O. The molecule has 0 bridgehead atoms. The Morgan fingerprint density at radius 1 is 1.54 bits per heavy atom. The highest BCUT2D eigenvalue weighted by Gasteiger charge is 1.99. The number of aliphatic hydroxyl groups excluding tert-OH is 1. The number of hydrogen-bond acceptors (Lipinski definition) is 2. The number of halogens is 1. The zero-order valence-corrected chi connectivity index (χ0v) is 10.00. The van der Waals surface area contributed by atoms with Crippen LogP contribution in [0.4, 0.5) is 5.69 Å². The quantitative estimate of drug-likeness (QED) is 0.838. The van der Waals surface area contributed by atoms with E-state index in [9.17, 15) is 0 Å². The molecule has 0 heterocycles. The summed E-state index contributed by atoms with van der Waals surface area (Å²) < 4.78 is 1.20. The molecule has 0 amide bonds. The second kappa shape index (κ2) is 4.81. The van der Waals surface area contributed by atoms with E-state index < -0.39 is 0 Å². The van der Waals surface area contributed by atoms with Crippen LogP contribution in [0.5, 0.6) is 0 Å². The summed E-state index contributed by atoms with van der Waals surface area (Å²) in [4.78, 5) is 0.